The van der Waals surface area contributed by atoms with Gasteiger partial charge < -0.3 is 4.57 Å². The quantitative estimate of drug-likeness (QED) is 0.421. The summed E-state index contributed by atoms with van der Waals surface area (Å²) >= 11 is 4.93. The van der Waals surface area contributed by atoms with Crippen molar-refractivity contribution in [3.63, 3.8) is 0 Å². The van der Waals surface area contributed by atoms with Gasteiger partial charge in [0.2, 0.25) is 5.56 Å². The minimum Gasteiger partial charge on any atom is -0.336 e. The molecule has 0 N–H and O–H groups in total. The van der Waals surface area contributed by atoms with E-state index in [9.17, 15) is 18.0 Å². The molecule has 0 unspecified atom stereocenters. The SMILES string of the molecule is O=c1c(I)c[c-]c(-c2ccc(F)cc2Br)n1CC(F)F.[Y]. The number of aromatic nitrogens is 1. The van der Waals surface area contributed by atoms with E-state index in [4.69, 9.17) is 0 Å². The van der Waals surface area contributed by atoms with Crippen LogP contribution in [0.3, 0.4) is 0 Å². The van der Waals surface area contributed by atoms with Crippen LogP contribution in [-0.2, 0) is 39.3 Å². The summed E-state index contributed by atoms with van der Waals surface area (Å²) in [5, 5.41) is 0. The Morgan fingerprint density at radius 2 is 2.05 bits per heavy atom. The van der Waals surface area contributed by atoms with Crippen LogP contribution in [0.1, 0.15) is 0 Å². The third-order valence-corrected chi connectivity index (χ3v) is 3.99. The molecule has 2 nitrogen and oxygen atoms in total. The minimum absolute atomic E-state index is 0. The Morgan fingerprint density at radius 3 is 2.62 bits per heavy atom. The molecule has 1 heterocycles. The third-order valence-electron chi connectivity index (χ3n) is 2.56. The Bertz CT molecular complexity index is 708. The summed E-state index contributed by atoms with van der Waals surface area (Å²) in [6, 6.07) is 8.04. The number of nitrogens with zero attached hydrogens (tertiary/aromatic N) is 1. The van der Waals surface area contributed by atoms with Crippen molar-refractivity contribution in [1.82, 2.24) is 4.57 Å². The molecule has 1 radical (unpaired) electrons. The van der Waals surface area contributed by atoms with E-state index in [-0.39, 0.29) is 38.4 Å². The molecule has 8 heteroatoms. The van der Waals surface area contributed by atoms with E-state index in [0.717, 1.165) is 4.57 Å². The molecule has 0 spiro atoms. The number of pyridine rings is 1. The Balaban J connectivity index is 0.00000220. The van der Waals surface area contributed by atoms with Gasteiger partial charge in [-0.15, -0.1) is 28.7 Å². The van der Waals surface area contributed by atoms with E-state index < -0.39 is 24.3 Å². The van der Waals surface area contributed by atoms with Gasteiger partial charge in [0.1, 0.15) is 5.82 Å². The fourth-order valence-corrected chi connectivity index (χ4v) is 2.70. The molecule has 0 aliphatic heterocycles. The van der Waals surface area contributed by atoms with Gasteiger partial charge in [0, 0.05) is 32.7 Å². The van der Waals surface area contributed by atoms with Crippen LogP contribution in [0.15, 0.2) is 33.5 Å². The molecule has 0 saturated carbocycles. The molecule has 21 heavy (non-hydrogen) atoms. The second-order valence-corrected chi connectivity index (χ2v) is 5.93. The van der Waals surface area contributed by atoms with E-state index in [2.05, 4.69) is 22.0 Å². The molecule has 0 amide bonds. The Kier molecular flexibility index (Phi) is 7.56. The maximum atomic E-state index is 13.1. The Morgan fingerprint density at radius 1 is 1.38 bits per heavy atom. The molecule has 0 saturated heterocycles. The molecule has 2 aromatic rings. The van der Waals surface area contributed by atoms with E-state index in [1.807, 2.05) is 0 Å². The van der Waals surface area contributed by atoms with Crippen molar-refractivity contribution >= 4 is 38.5 Å². The first-order valence-electron chi connectivity index (χ1n) is 5.44. The van der Waals surface area contributed by atoms with Gasteiger partial charge in [-0.2, -0.15) is 12.1 Å². The number of halogens is 5. The van der Waals surface area contributed by atoms with Gasteiger partial charge in [0.25, 0.3) is 6.43 Å². The van der Waals surface area contributed by atoms with Crippen LogP contribution in [-0.4, -0.2) is 11.0 Å². The summed E-state index contributed by atoms with van der Waals surface area (Å²) in [4.78, 5) is 12.0. The van der Waals surface area contributed by atoms with E-state index in [1.54, 1.807) is 22.6 Å². The summed E-state index contributed by atoms with van der Waals surface area (Å²) in [6.07, 6.45) is -2.67. The van der Waals surface area contributed by atoms with Crippen LogP contribution in [0.5, 0.6) is 0 Å². The predicted octanol–water partition coefficient (Wildman–Crippen LogP) is 4.08. The Labute approximate surface area is 166 Å². The van der Waals surface area contributed by atoms with Gasteiger partial charge >= 0.3 is 0 Å². The van der Waals surface area contributed by atoms with Gasteiger partial charge in [0.15, 0.2) is 0 Å². The first kappa shape index (κ1) is 19.3. The van der Waals surface area contributed by atoms with Gasteiger partial charge in [-0.25, -0.2) is 13.2 Å². The van der Waals surface area contributed by atoms with Crippen molar-refractivity contribution in [2.75, 3.05) is 0 Å². The first-order chi connectivity index (χ1) is 9.40. The summed E-state index contributed by atoms with van der Waals surface area (Å²) in [5.74, 6) is -0.464. The maximum Gasteiger partial charge on any atom is 0.256 e. The second kappa shape index (κ2) is 8.22. The van der Waals surface area contributed by atoms with Gasteiger partial charge in [0.05, 0.1) is 6.54 Å². The molecule has 1 aromatic heterocycles. The van der Waals surface area contributed by atoms with Crippen LogP contribution >= 0.6 is 38.5 Å². The summed E-state index contributed by atoms with van der Waals surface area (Å²) in [7, 11) is 0. The van der Waals surface area contributed by atoms with Crippen LogP contribution in [0.2, 0.25) is 0 Å². The van der Waals surface area contributed by atoms with Gasteiger partial charge in [-0.1, -0.05) is 27.2 Å². The maximum absolute atomic E-state index is 13.1. The van der Waals surface area contributed by atoms with E-state index in [1.165, 1.54) is 24.3 Å². The molecule has 1 aromatic carbocycles. The molecule has 0 bridgehead atoms. The zero-order valence-electron chi connectivity index (χ0n) is 10.4. The smallest absolute Gasteiger partial charge is 0.256 e. The summed E-state index contributed by atoms with van der Waals surface area (Å²) in [5.41, 5.74) is 0.110. The topological polar surface area (TPSA) is 22.0 Å². The second-order valence-electron chi connectivity index (χ2n) is 3.92. The van der Waals surface area contributed by atoms with Crippen molar-refractivity contribution < 1.29 is 45.9 Å². The summed E-state index contributed by atoms with van der Waals surface area (Å²) in [6.45, 7) is -0.731. The molecular formula is C13H7BrF3INOY-. The van der Waals surface area contributed by atoms with Crippen molar-refractivity contribution in [2.24, 2.45) is 0 Å². The minimum atomic E-state index is -2.67. The van der Waals surface area contributed by atoms with Crippen molar-refractivity contribution in [1.29, 1.82) is 0 Å². The van der Waals surface area contributed by atoms with Gasteiger partial charge in [-0.3, -0.25) is 4.79 Å². The monoisotopic (exact) mass is 545 g/mol. The third kappa shape index (κ3) is 4.62. The number of alkyl halides is 2. The number of hydrogen-bond donors (Lipinski definition) is 0. The molecule has 0 aliphatic carbocycles. The molecule has 109 valence electrons. The van der Waals surface area contributed by atoms with Crippen LogP contribution in [0.25, 0.3) is 11.3 Å². The van der Waals surface area contributed by atoms with Gasteiger partial charge in [-0.05, 0) is 20.2 Å². The normalized spacial score (nSPS) is 10.6. The molecular weight excluding hydrogens is 539 g/mol. The first-order valence-corrected chi connectivity index (χ1v) is 7.32. The summed E-state index contributed by atoms with van der Waals surface area (Å²) < 4.78 is 40.0. The van der Waals surface area contributed by atoms with Crippen molar-refractivity contribution in [3.8, 4) is 11.3 Å². The van der Waals surface area contributed by atoms with E-state index in [0.29, 0.717) is 13.6 Å². The van der Waals surface area contributed by atoms with Crippen LogP contribution in [0, 0.1) is 15.5 Å². The number of rotatable bonds is 3. The predicted molar refractivity (Wildman–Crippen MR) is 81.4 cm³/mol. The zero-order valence-corrected chi connectivity index (χ0v) is 17.0. The van der Waals surface area contributed by atoms with Crippen LogP contribution in [0.4, 0.5) is 13.2 Å². The largest absolute Gasteiger partial charge is 0.336 e. The van der Waals surface area contributed by atoms with E-state index >= 15 is 0 Å². The van der Waals surface area contributed by atoms with Crippen molar-refractivity contribution in [2.45, 2.75) is 13.0 Å². The van der Waals surface area contributed by atoms with Crippen molar-refractivity contribution in [3.05, 3.63) is 54.5 Å². The molecule has 0 fully saturated rings. The fourth-order valence-electron chi connectivity index (χ4n) is 1.72. The molecule has 2 rings (SSSR count). The van der Waals surface area contributed by atoms with Crippen LogP contribution < -0.4 is 5.56 Å². The fraction of sp³-hybridized carbons (Fsp3) is 0.154. The molecule has 0 aliphatic rings. The number of hydrogen-bond acceptors (Lipinski definition) is 1. The number of benzene rings is 1. The zero-order chi connectivity index (χ0) is 14.9. The average Bonchev–Trinajstić information content (AvgIpc) is 2.36. The Hall–Kier alpha value is 0.274. The average molecular weight is 546 g/mol. The standard InChI is InChI=1S/C13H7BrF3INO.Y/c14-9-5-7(15)1-2-8(9)11-4-3-10(18)13(20)19(11)6-12(16)17;/h1-3,5,12H,6H2;/q-1;. The molecule has 0 atom stereocenters.